The summed E-state index contributed by atoms with van der Waals surface area (Å²) in [5.41, 5.74) is 6.95. The van der Waals surface area contributed by atoms with Crippen LogP contribution in [0.3, 0.4) is 0 Å². The minimum absolute atomic E-state index is 0.0986. The van der Waals surface area contributed by atoms with Crippen LogP contribution in [-0.2, 0) is 27.8 Å². The highest BCUT2D eigenvalue weighted by molar-refractivity contribution is 5.89. The van der Waals surface area contributed by atoms with Crippen molar-refractivity contribution in [3.8, 4) is 0 Å². The second-order valence-electron chi connectivity index (χ2n) is 6.49. The number of nitrogens with one attached hydrogen (secondary N) is 1. The first-order chi connectivity index (χ1) is 11.5. The van der Waals surface area contributed by atoms with Crippen LogP contribution in [-0.4, -0.2) is 36.1 Å². The van der Waals surface area contributed by atoms with Crippen LogP contribution in [0.1, 0.15) is 18.4 Å². The summed E-state index contributed by atoms with van der Waals surface area (Å²) in [6.07, 6.45) is 3.36. The number of amides is 2. The van der Waals surface area contributed by atoms with Gasteiger partial charge in [-0.05, 0) is 24.5 Å². The van der Waals surface area contributed by atoms with Crippen LogP contribution in [0, 0.1) is 5.41 Å². The summed E-state index contributed by atoms with van der Waals surface area (Å²) >= 11 is 0. The van der Waals surface area contributed by atoms with Crippen LogP contribution in [0.2, 0.25) is 0 Å². The predicted octanol–water partition coefficient (Wildman–Crippen LogP) is 1.12. The largest absolute Gasteiger partial charge is 0.381 e. The molecule has 1 saturated heterocycles. The van der Waals surface area contributed by atoms with Crippen molar-refractivity contribution in [1.82, 2.24) is 9.88 Å². The molecule has 24 heavy (non-hydrogen) atoms. The summed E-state index contributed by atoms with van der Waals surface area (Å²) in [6.45, 7) is 1.28. The van der Waals surface area contributed by atoms with Crippen LogP contribution in [0.5, 0.6) is 0 Å². The minimum atomic E-state index is -0.688. The normalized spacial score (nSPS) is 16.9. The van der Waals surface area contributed by atoms with E-state index >= 15 is 0 Å². The van der Waals surface area contributed by atoms with Gasteiger partial charge in [0.2, 0.25) is 11.8 Å². The molecule has 2 amide bonds. The van der Waals surface area contributed by atoms with E-state index in [1.54, 1.807) is 0 Å². The molecule has 0 atom stereocenters. The van der Waals surface area contributed by atoms with Crippen molar-refractivity contribution < 1.29 is 14.3 Å². The SMILES string of the molecule is Cn1cc(CC(=O)NCC2(C(N)=O)CCOCC2)c2ccccc21. The van der Waals surface area contributed by atoms with Crippen molar-refractivity contribution >= 4 is 22.7 Å². The number of primary amides is 1. The van der Waals surface area contributed by atoms with Crippen molar-refractivity contribution in [3.63, 3.8) is 0 Å². The van der Waals surface area contributed by atoms with Gasteiger partial charge in [0.1, 0.15) is 0 Å². The van der Waals surface area contributed by atoms with Gasteiger partial charge in [-0.2, -0.15) is 0 Å². The first-order valence-corrected chi connectivity index (χ1v) is 8.19. The van der Waals surface area contributed by atoms with Crippen LogP contribution >= 0.6 is 0 Å². The lowest BCUT2D eigenvalue weighted by molar-refractivity contribution is -0.133. The fourth-order valence-corrected chi connectivity index (χ4v) is 3.34. The maximum Gasteiger partial charge on any atom is 0.225 e. The first-order valence-electron chi connectivity index (χ1n) is 8.19. The number of nitrogens with two attached hydrogens (primary N) is 1. The summed E-state index contributed by atoms with van der Waals surface area (Å²) in [5.74, 6) is -0.463. The van der Waals surface area contributed by atoms with Crippen molar-refractivity contribution in [2.45, 2.75) is 19.3 Å². The molecule has 1 aromatic heterocycles. The molecule has 1 aliphatic heterocycles. The molecule has 0 radical (unpaired) electrons. The lowest BCUT2D eigenvalue weighted by atomic mass is 9.79. The Morgan fingerprint density at radius 3 is 2.71 bits per heavy atom. The average Bonchev–Trinajstić information content (AvgIpc) is 2.90. The van der Waals surface area contributed by atoms with Crippen molar-refractivity contribution in [1.29, 1.82) is 0 Å². The second-order valence-corrected chi connectivity index (χ2v) is 6.49. The summed E-state index contributed by atoms with van der Waals surface area (Å²) in [7, 11) is 1.97. The van der Waals surface area contributed by atoms with Crippen molar-refractivity contribution in [3.05, 3.63) is 36.0 Å². The second kappa shape index (κ2) is 6.65. The van der Waals surface area contributed by atoms with E-state index in [4.69, 9.17) is 10.5 Å². The number of hydrogen-bond donors (Lipinski definition) is 2. The smallest absolute Gasteiger partial charge is 0.225 e. The average molecular weight is 329 g/mol. The van der Waals surface area contributed by atoms with E-state index in [-0.39, 0.29) is 24.8 Å². The highest BCUT2D eigenvalue weighted by Gasteiger charge is 2.38. The zero-order valence-electron chi connectivity index (χ0n) is 13.9. The molecule has 1 aromatic carbocycles. The van der Waals surface area contributed by atoms with Crippen molar-refractivity contribution in [2.24, 2.45) is 18.2 Å². The predicted molar refractivity (Wildman–Crippen MR) is 91.3 cm³/mol. The molecule has 6 nitrogen and oxygen atoms in total. The number of para-hydroxylation sites is 1. The van der Waals surface area contributed by atoms with Gasteiger partial charge in [-0.15, -0.1) is 0 Å². The molecule has 1 aliphatic rings. The Labute approximate surface area is 141 Å². The molecule has 2 aromatic rings. The monoisotopic (exact) mass is 329 g/mol. The zero-order chi connectivity index (χ0) is 17.2. The van der Waals surface area contributed by atoms with Gasteiger partial charge in [0.15, 0.2) is 0 Å². The van der Waals surface area contributed by atoms with Gasteiger partial charge < -0.3 is 20.4 Å². The van der Waals surface area contributed by atoms with E-state index in [1.165, 1.54) is 0 Å². The number of ether oxygens (including phenoxy) is 1. The third-order valence-electron chi connectivity index (χ3n) is 4.93. The van der Waals surface area contributed by atoms with Gasteiger partial charge in [0.25, 0.3) is 0 Å². The molecule has 0 saturated carbocycles. The molecule has 0 unspecified atom stereocenters. The molecule has 3 N–H and O–H groups in total. The van der Waals surface area contributed by atoms with E-state index in [0.717, 1.165) is 16.5 Å². The van der Waals surface area contributed by atoms with E-state index in [9.17, 15) is 9.59 Å². The molecule has 128 valence electrons. The standard InChI is InChI=1S/C18H23N3O3/c1-21-11-13(14-4-2-3-5-15(14)21)10-16(22)20-12-18(17(19)23)6-8-24-9-7-18/h2-5,11H,6-10,12H2,1H3,(H2,19,23)(H,20,22). The topological polar surface area (TPSA) is 86.4 Å². The maximum atomic E-state index is 12.4. The third kappa shape index (κ3) is 3.14. The number of benzene rings is 1. The molecule has 1 fully saturated rings. The number of hydrogen-bond acceptors (Lipinski definition) is 3. The summed E-state index contributed by atoms with van der Waals surface area (Å²) in [5, 5.41) is 3.97. The quantitative estimate of drug-likeness (QED) is 0.862. The summed E-state index contributed by atoms with van der Waals surface area (Å²) < 4.78 is 7.32. The number of carbonyl (C=O) groups excluding carboxylic acids is 2. The van der Waals surface area contributed by atoms with Crippen LogP contribution in [0.4, 0.5) is 0 Å². The molecule has 0 aliphatic carbocycles. The molecular weight excluding hydrogens is 306 g/mol. The Morgan fingerprint density at radius 2 is 2.00 bits per heavy atom. The third-order valence-corrected chi connectivity index (χ3v) is 4.93. The van der Waals surface area contributed by atoms with Crippen LogP contribution < -0.4 is 11.1 Å². The van der Waals surface area contributed by atoms with Gasteiger partial charge in [-0.1, -0.05) is 18.2 Å². The van der Waals surface area contributed by atoms with Gasteiger partial charge in [0.05, 0.1) is 11.8 Å². The number of aromatic nitrogens is 1. The van der Waals surface area contributed by atoms with Gasteiger partial charge in [-0.25, -0.2) is 0 Å². The highest BCUT2D eigenvalue weighted by atomic mass is 16.5. The number of nitrogens with zero attached hydrogens (tertiary/aromatic N) is 1. The molecule has 2 heterocycles. The fourth-order valence-electron chi connectivity index (χ4n) is 3.34. The lowest BCUT2D eigenvalue weighted by Gasteiger charge is -2.34. The zero-order valence-corrected chi connectivity index (χ0v) is 13.9. The molecule has 0 bridgehead atoms. The summed E-state index contributed by atoms with van der Waals surface area (Å²) in [4.78, 5) is 24.2. The Hall–Kier alpha value is -2.34. The molecule has 0 spiro atoms. The number of rotatable bonds is 5. The van der Waals surface area contributed by atoms with E-state index in [2.05, 4.69) is 5.32 Å². The van der Waals surface area contributed by atoms with Gasteiger partial charge in [0, 0.05) is 43.9 Å². The van der Waals surface area contributed by atoms with Crippen molar-refractivity contribution in [2.75, 3.05) is 19.8 Å². The van der Waals surface area contributed by atoms with Gasteiger partial charge in [-0.3, -0.25) is 9.59 Å². The van der Waals surface area contributed by atoms with E-state index in [1.807, 2.05) is 42.1 Å². The first kappa shape index (κ1) is 16.5. The Bertz CT molecular complexity index is 760. The summed E-state index contributed by atoms with van der Waals surface area (Å²) in [6, 6.07) is 7.99. The number of fused-ring (bicyclic) bond motifs is 1. The van der Waals surface area contributed by atoms with Gasteiger partial charge >= 0.3 is 0 Å². The molecule has 6 heteroatoms. The van der Waals surface area contributed by atoms with E-state index < -0.39 is 5.41 Å². The maximum absolute atomic E-state index is 12.4. The van der Waals surface area contributed by atoms with Crippen LogP contribution in [0.15, 0.2) is 30.5 Å². The minimum Gasteiger partial charge on any atom is -0.381 e. The Kier molecular flexibility index (Phi) is 4.57. The number of aryl methyl sites for hydroxylation is 1. The Morgan fingerprint density at radius 1 is 1.29 bits per heavy atom. The molecule has 3 rings (SSSR count). The van der Waals surface area contributed by atoms with Crippen LogP contribution in [0.25, 0.3) is 10.9 Å². The highest BCUT2D eigenvalue weighted by Crippen LogP contribution is 2.29. The van der Waals surface area contributed by atoms with E-state index in [0.29, 0.717) is 26.1 Å². The Balaban J connectivity index is 1.68. The fraction of sp³-hybridized carbons (Fsp3) is 0.444. The molecular formula is C18H23N3O3. The lowest BCUT2D eigenvalue weighted by Crippen LogP contribution is -2.49. The number of carbonyl (C=O) groups is 2.